The highest BCUT2D eigenvalue weighted by Gasteiger charge is 2.25. The van der Waals surface area contributed by atoms with E-state index in [0.717, 1.165) is 61.0 Å². The first-order chi connectivity index (χ1) is 11.3. The Labute approximate surface area is 140 Å². The van der Waals surface area contributed by atoms with Gasteiger partial charge in [0, 0.05) is 25.2 Å². The number of nitrogens with two attached hydrogens (primary N) is 1. The third-order valence-electron chi connectivity index (χ3n) is 4.25. The monoisotopic (exact) mass is 330 g/mol. The Morgan fingerprint density at radius 2 is 2.26 bits per heavy atom. The molecule has 0 amide bonds. The van der Waals surface area contributed by atoms with Gasteiger partial charge in [0.25, 0.3) is 0 Å². The molecule has 23 heavy (non-hydrogen) atoms. The molecule has 2 aliphatic rings. The lowest BCUT2D eigenvalue weighted by molar-refractivity contribution is 0.291. The van der Waals surface area contributed by atoms with Crippen LogP contribution < -0.4 is 20.7 Å². The summed E-state index contributed by atoms with van der Waals surface area (Å²) in [6.07, 6.45) is 6.74. The highest BCUT2D eigenvalue weighted by atomic mass is 32.1. The summed E-state index contributed by atoms with van der Waals surface area (Å²) in [4.78, 5) is 6.83. The highest BCUT2D eigenvalue weighted by Crippen LogP contribution is 2.35. The van der Waals surface area contributed by atoms with Gasteiger partial charge in [-0.2, -0.15) is 0 Å². The number of piperidine rings is 1. The lowest BCUT2D eigenvalue weighted by Crippen LogP contribution is -2.43. The molecule has 4 rings (SSSR count). The van der Waals surface area contributed by atoms with E-state index in [4.69, 9.17) is 10.5 Å². The van der Waals surface area contributed by atoms with Crippen LogP contribution in [0, 0.1) is 0 Å². The lowest BCUT2D eigenvalue weighted by atomic mass is 10.1. The van der Waals surface area contributed by atoms with Gasteiger partial charge in [0.15, 0.2) is 0 Å². The Morgan fingerprint density at radius 1 is 1.35 bits per heavy atom. The smallest absolute Gasteiger partial charge is 0.215 e. The molecule has 1 saturated carbocycles. The molecule has 1 aliphatic carbocycles. The van der Waals surface area contributed by atoms with E-state index in [1.165, 1.54) is 0 Å². The molecule has 1 aliphatic heterocycles. The number of pyridine rings is 1. The molecule has 0 aromatic carbocycles. The summed E-state index contributed by atoms with van der Waals surface area (Å²) in [7, 11) is 0. The molecule has 0 radical (unpaired) electrons. The SMILES string of the molecule is N[C@@H]1CCCN(c2cc(OC3CC3)ncc2Nc2cccs2)C1. The first kappa shape index (κ1) is 14.8. The summed E-state index contributed by atoms with van der Waals surface area (Å²) < 4.78 is 5.88. The van der Waals surface area contributed by atoms with Gasteiger partial charge in [0.1, 0.15) is 6.10 Å². The average molecular weight is 330 g/mol. The zero-order chi connectivity index (χ0) is 15.6. The number of nitrogens with zero attached hydrogens (tertiary/aromatic N) is 2. The van der Waals surface area contributed by atoms with Crippen LogP contribution >= 0.6 is 11.3 Å². The Bertz CT molecular complexity index is 657. The summed E-state index contributed by atoms with van der Waals surface area (Å²) in [6, 6.07) is 6.41. The van der Waals surface area contributed by atoms with Gasteiger partial charge < -0.3 is 20.7 Å². The van der Waals surface area contributed by atoms with Gasteiger partial charge in [0.2, 0.25) is 5.88 Å². The molecule has 6 heteroatoms. The second-order valence-corrected chi connectivity index (χ2v) is 7.26. The molecular weight excluding hydrogens is 308 g/mol. The third-order valence-corrected chi connectivity index (χ3v) is 5.03. The number of hydrogen-bond donors (Lipinski definition) is 2. The van der Waals surface area contributed by atoms with Crippen LogP contribution in [0.15, 0.2) is 29.8 Å². The van der Waals surface area contributed by atoms with Gasteiger partial charge in [-0.3, -0.25) is 0 Å². The van der Waals surface area contributed by atoms with Crippen LogP contribution in [0.25, 0.3) is 0 Å². The molecule has 1 saturated heterocycles. The van der Waals surface area contributed by atoms with E-state index >= 15 is 0 Å². The zero-order valence-corrected chi connectivity index (χ0v) is 13.9. The predicted octanol–water partition coefficient (Wildman–Crippen LogP) is 3.36. The van der Waals surface area contributed by atoms with Crippen LogP contribution in [0.3, 0.4) is 0 Å². The maximum absolute atomic E-state index is 6.17. The van der Waals surface area contributed by atoms with E-state index in [-0.39, 0.29) is 6.04 Å². The first-order valence-electron chi connectivity index (χ1n) is 8.26. The van der Waals surface area contributed by atoms with E-state index in [1.54, 1.807) is 11.3 Å². The normalized spacial score (nSPS) is 21.3. The number of anilines is 3. The molecule has 122 valence electrons. The van der Waals surface area contributed by atoms with Crippen molar-refractivity contribution in [3.05, 3.63) is 29.8 Å². The fraction of sp³-hybridized carbons (Fsp3) is 0.471. The number of rotatable bonds is 5. The maximum Gasteiger partial charge on any atom is 0.215 e. The third kappa shape index (κ3) is 3.59. The van der Waals surface area contributed by atoms with Gasteiger partial charge >= 0.3 is 0 Å². The summed E-state index contributed by atoms with van der Waals surface area (Å²) in [5.41, 5.74) is 8.33. The number of nitrogens with one attached hydrogen (secondary N) is 1. The van der Waals surface area contributed by atoms with Crippen molar-refractivity contribution in [2.45, 2.75) is 37.8 Å². The predicted molar refractivity (Wildman–Crippen MR) is 94.9 cm³/mol. The molecule has 3 heterocycles. The van der Waals surface area contributed by atoms with Crippen molar-refractivity contribution in [3.8, 4) is 5.88 Å². The van der Waals surface area contributed by atoms with Gasteiger partial charge in [-0.25, -0.2) is 4.98 Å². The average Bonchev–Trinajstić information content (AvgIpc) is 3.22. The number of aromatic nitrogens is 1. The molecule has 2 fully saturated rings. The Morgan fingerprint density at radius 3 is 3.00 bits per heavy atom. The highest BCUT2D eigenvalue weighted by molar-refractivity contribution is 7.14. The van der Waals surface area contributed by atoms with Crippen molar-refractivity contribution in [1.29, 1.82) is 0 Å². The van der Waals surface area contributed by atoms with E-state index < -0.39 is 0 Å². The summed E-state index contributed by atoms with van der Waals surface area (Å²) in [5, 5.41) is 6.66. The Balaban J connectivity index is 1.62. The van der Waals surface area contributed by atoms with E-state index in [1.807, 2.05) is 12.3 Å². The van der Waals surface area contributed by atoms with E-state index in [9.17, 15) is 0 Å². The fourth-order valence-electron chi connectivity index (χ4n) is 2.92. The quantitative estimate of drug-likeness (QED) is 0.880. The van der Waals surface area contributed by atoms with Crippen molar-refractivity contribution >= 4 is 27.7 Å². The van der Waals surface area contributed by atoms with E-state index in [0.29, 0.717) is 6.10 Å². The molecule has 2 aromatic heterocycles. The molecule has 3 N–H and O–H groups in total. The molecule has 0 bridgehead atoms. The number of ether oxygens (including phenoxy) is 1. The van der Waals surface area contributed by atoms with Crippen molar-refractivity contribution in [3.63, 3.8) is 0 Å². The molecular formula is C17H22N4OS. The maximum atomic E-state index is 6.17. The van der Waals surface area contributed by atoms with Crippen molar-refractivity contribution in [1.82, 2.24) is 4.98 Å². The minimum absolute atomic E-state index is 0.235. The second kappa shape index (κ2) is 6.37. The summed E-state index contributed by atoms with van der Waals surface area (Å²) in [6.45, 7) is 1.91. The van der Waals surface area contributed by atoms with Crippen LogP contribution in [-0.2, 0) is 0 Å². The molecule has 0 unspecified atom stereocenters. The number of thiophene rings is 1. The molecule has 2 aromatic rings. The first-order valence-corrected chi connectivity index (χ1v) is 9.13. The van der Waals surface area contributed by atoms with Gasteiger partial charge in [-0.1, -0.05) is 0 Å². The Hall–Kier alpha value is -1.79. The van der Waals surface area contributed by atoms with Crippen LogP contribution in [0.5, 0.6) is 5.88 Å². The van der Waals surface area contributed by atoms with Crippen LogP contribution in [-0.4, -0.2) is 30.2 Å². The van der Waals surface area contributed by atoms with E-state index in [2.05, 4.69) is 32.7 Å². The summed E-state index contributed by atoms with van der Waals surface area (Å²) in [5.74, 6) is 0.721. The molecule has 1 atom stereocenters. The van der Waals surface area contributed by atoms with Gasteiger partial charge in [-0.15, -0.1) is 11.3 Å². The molecule has 0 spiro atoms. The van der Waals surface area contributed by atoms with Crippen molar-refractivity contribution < 1.29 is 4.74 Å². The fourth-order valence-corrected chi connectivity index (χ4v) is 3.55. The summed E-state index contributed by atoms with van der Waals surface area (Å²) >= 11 is 1.69. The minimum Gasteiger partial charge on any atom is -0.474 e. The zero-order valence-electron chi connectivity index (χ0n) is 13.1. The second-order valence-electron chi connectivity index (χ2n) is 6.31. The Kier molecular flexibility index (Phi) is 4.10. The minimum atomic E-state index is 0.235. The van der Waals surface area contributed by atoms with Gasteiger partial charge in [0.05, 0.1) is 22.6 Å². The lowest BCUT2D eigenvalue weighted by Gasteiger charge is -2.34. The van der Waals surface area contributed by atoms with Crippen LogP contribution in [0.2, 0.25) is 0 Å². The topological polar surface area (TPSA) is 63.4 Å². The van der Waals surface area contributed by atoms with Crippen molar-refractivity contribution in [2.75, 3.05) is 23.3 Å². The standard InChI is InChI=1S/C17H22N4OS/c18-12-3-1-7-21(11-12)15-9-16(22-13-5-6-13)19-10-14(15)20-17-4-2-8-23-17/h2,4,8-10,12-13,20H,1,3,5-7,11,18H2/t12-/m1/s1. The van der Waals surface area contributed by atoms with Crippen LogP contribution in [0.4, 0.5) is 16.4 Å². The van der Waals surface area contributed by atoms with Crippen LogP contribution in [0.1, 0.15) is 25.7 Å². The van der Waals surface area contributed by atoms with Gasteiger partial charge in [-0.05, 0) is 43.2 Å². The molecule has 5 nitrogen and oxygen atoms in total. The van der Waals surface area contributed by atoms with Crippen molar-refractivity contribution in [2.24, 2.45) is 5.73 Å². The number of hydrogen-bond acceptors (Lipinski definition) is 6. The largest absolute Gasteiger partial charge is 0.474 e.